The van der Waals surface area contributed by atoms with Gasteiger partial charge in [-0.25, -0.2) is 25.6 Å². The normalized spacial score (nSPS) is 12.3. The smallest absolute Gasteiger partial charge is 0.206 e. The summed E-state index contributed by atoms with van der Waals surface area (Å²) >= 11 is 0. The van der Waals surface area contributed by atoms with E-state index in [1.165, 1.54) is 17.8 Å². The summed E-state index contributed by atoms with van der Waals surface area (Å²) in [5.74, 6) is -2.68. The predicted octanol–water partition coefficient (Wildman–Crippen LogP) is 1.75. The fourth-order valence-electron chi connectivity index (χ4n) is 1.95. The van der Waals surface area contributed by atoms with Crippen molar-refractivity contribution in [3.63, 3.8) is 0 Å². The maximum absolute atomic E-state index is 13.6. The Labute approximate surface area is 138 Å². The minimum absolute atomic E-state index is 0.154. The summed E-state index contributed by atoms with van der Waals surface area (Å²) in [4.78, 5) is 1.71. The first kappa shape index (κ1) is 18.5. The molecule has 0 spiro atoms. The van der Waals surface area contributed by atoms with Gasteiger partial charge in [-0.3, -0.25) is 0 Å². The number of aryl methyl sites for hydroxylation is 2. The van der Waals surface area contributed by atoms with Crippen molar-refractivity contribution < 1.29 is 25.6 Å². The van der Waals surface area contributed by atoms with Gasteiger partial charge >= 0.3 is 0 Å². The van der Waals surface area contributed by atoms with E-state index in [4.69, 9.17) is 0 Å². The van der Waals surface area contributed by atoms with Gasteiger partial charge in [0.2, 0.25) is 0 Å². The zero-order valence-electron chi connectivity index (χ0n) is 12.7. The second-order valence-electron chi connectivity index (χ2n) is 5.03. The SMILES string of the molecule is Cc1ccc(C)c(S(=O)(=O)NNS(=O)(=O)c2c(F)cccc2F)c1. The third-order valence-corrected chi connectivity index (χ3v) is 5.95. The lowest BCUT2D eigenvalue weighted by Crippen LogP contribution is -2.42. The van der Waals surface area contributed by atoms with Crippen molar-refractivity contribution >= 4 is 20.0 Å². The summed E-state index contributed by atoms with van der Waals surface area (Å²) in [5.41, 5.74) is 1.02. The van der Waals surface area contributed by atoms with E-state index in [1.807, 2.05) is 0 Å². The van der Waals surface area contributed by atoms with Crippen LogP contribution in [0.2, 0.25) is 0 Å². The summed E-state index contributed by atoms with van der Waals surface area (Å²) in [7, 11) is -9.04. The molecule has 130 valence electrons. The second kappa shape index (κ2) is 6.55. The first-order chi connectivity index (χ1) is 11.0. The molecule has 0 saturated carbocycles. The second-order valence-corrected chi connectivity index (χ2v) is 8.30. The van der Waals surface area contributed by atoms with Crippen LogP contribution in [-0.2, 0) is 20.0 Å². The Morgan fingerprint density at radius 3 is 1.96 bits per heavy atom. The van der Waals surface area contributed by atoms with Gasteiger partial charge in [-0.1, -0.05) is 18.2 Å². The molecule has 0 saturated heterocycles. The minimum Gasteiger partial charge on any atom is -0.206 e. The van der Waals surface area contributed by atoms with Crippen LogP contribution in [0.4, 0.5) is 8.78 Å². The lowest BCUT2D eigenvalue weighted by atomic mass is 10.2. The van der Waals surface area contributed by atoms with Crippen molar-refractivity contribution in [3.05, 3.63) is 59.2 Å². The zero-order valence-corrected chi connectivity index (χ0v) is 14.3. The van der Waals surface area contributed by atoms with Crippen LogP contribution in [0.25, 0.3) is 0 Å². The van der Waals surface area contributed by atoms with Crippen LogP contribution in [0.3, 0.4) is 0 Å². The Kier molecular flexibility index (Phi) is 5.04. The molecule has 0 atom stereocenters. The Morgan fingerprint density at radius 1 is 0.833 bits per heavy atom. The number of hydrazine groups is 1. The summed E-state index contributed by atoms with van der Waals surface area (Å²) in [6.07, 6.45) is 0. The van der Waals surface area contributed by atoms with Crippen LogP contribution >= 0.6 is 0 Å². The lowest BCUT2D eigenvalue weighted by molar-refractivity contribution is 0.510. The third kappa shape index (κ3) is 3.78. The van der Waals surface area contributed by atoms with Crippen LogP contribution in [0, 0.1) is 25.5 Å². The van der Waals surface area contributed by atoms with Crippen LogP contribution in [0.5, 0.6) is 0 Å². The van der Waals surface area contributed by atoms with Crippen LogP contribution < -0.4 is 9.66 Å². The predicted molar refractivity (Wildman–Crippen MR) is 82.9 cm³/mol. The molecule has 2 aromatic rings. The number of hydrogen-bond acceptors (Lipinski definition) is 4. The molecule has 2 aromatic carbocycles. The maximum atomic E-state index is 13.6. The van der Waals surface area contributed by atoms with Crippen molar-refractivity contribution in [3.8, 4) is 0 Å². The van der Waals surface area contributed by atoms with Gasteiger partial charge in [0.1, 0.15) is 11.6 Å². The minimum atomic E-state index is -4.78. The Morgan fingerprint density at radius 2 is 1.38 bits per heavy atom. The fraction of sp³-hybridized carbons (Fsp3) is 0.143. The molecule has 10 heteroatoms. The number of hydrogen-bond donors (Lipinski definition) is 2. The number of nitrogens with one attached hydrogen (secondary N) is 2. The number of sulfonamides is 2. The molecule has 0 amide bonds. The zero-order chi connectivity index (χ0) is 18.1. The summed E-state index contributed by atoms with van der Waals surface area (Å²) in [6.45, 7) is 3.19. The van der Waals surface area contributed by atoms with E-state index in [2.05, 4.69) is 0 Å². The monoisotopic (exact) mass is 376 g/mol. The van der Waals surface area contributed by atoms with E-state index in [9.17, 15) is 25.6 Å². The summed E-state index contributed by atoms with van der Waals surface area (Å²) < 4.78 is 75.6. The Balaban J connectivity index is 2.34. The molecular weight excluding hydrogens is 362 g/mol. The van der Waals surface area contributed by atoms with Crippen molar-refractivity contribution in [2.45, 2.75) is 23.6 Å². The Hall–Kier alpha value is -1.88. The van der Waals surface area contributed by atoms with E-state index in [-0.39, 0.29) is 4.90 Å². The molecule has 0 aliphatic heterocycles. The highest BCUT2D eigenvalue weighted by Gasteiger charge is 2.26. The number of benzene rings is 2. The molecule has 6 nitrogen and oxygen atoms in total. The van der Waals surface area contributed by atoms with Gasteiger partial charge in [0.15, 0.2) is 4.90 Å². The highest BCUT2D eigenvalue weighted by atomic mass is 32.2. The molecule has 0 aliphatic rings. The van der Waals surface area contributed by atoms with E-state index in [0.29, 0.717) is 11.1 Å². The van der Waals surface area contributed by atoms with E-state index >= 15 is 0 Å². The molecule has 0 heterocycles. The van der Waals surface area contributed by atoms with Gasteiger partial charge in [0.05, 0.1) is 4.90 Å². The molecule has 2 N–H and O–H groups in total. The van der Waals surface area contributed by atoms with Crippen molar-refractivity contribution in [1.29, 1.82) is 0 Å². The Bertz CT molecular complexity index is 970. The van der Waals surface area contributed by atoms with Crippen LogP contribution in [-0.4, -0.2) is 16.8 Å². The average Bonchev–Trinajstić information content (AvgIpc) is 2.47. The topological polar surface area (TPSA) is 92.3 Å². The molecule has 0 aliphatic carbocycles. The highest BCUT2D eigenvalue weighted by molar-refractivity contribution is 7.92. The molecule has 2 rings (SSSR count). The molecule has 0 fully saturated rings. The van der Waals surface area contributed by atoms with Crippen LogP contribution in [0.15, 0.2) is 46.2 Å². The van der Waals surface area contributed by atoms with Gasteiger partial charge in [0.25, 0.3) is 20.0 Å². The molecule has 0 aromatic heterocycles. The third-order valence-electron chi connectivity index (χ3n) is 3.13. The van der Waals surface area contributed by atoms with Crippen molar-refractivity contribution in [2.24, 2.45) is 0 Å². The molecule has 0 unspecified atom stereocenters. The van der Waals surface area contributed by atoms with E-state index in [0.717, 1.165) is 18.2 Å². The van der Waals surface area contributed by atoms with E-state index < -0.39 is 36.6 Å². The first-order valence-electron chi connectivity index (χ1n) is 6.59. The molecule has 0 bridgehead atoms. The number of halogens is 2. The van der Waals surface area contributed by atoms with E-state index in [1.54, 1.807) is 23.9 Å². The van der Waals surface area contributed by atoms with Gasteiger partial charge in [-0.15, -0.1) is 9.66 Å². The standard InChI is InChI=1S/C14H14F2N2O4S2/c1-9-6-7-10(2)13(8-9)23(19,20)17-18-24(21,22)14-11(15)4-3-5-12(14)16/h3-8,17-18H,1-2H3. The maximum Gasteiger partial charge on any atom is 0.259 e. The highest BCUT2D eigenvalue weighted by Crippen LogP contribution is 2.19. The van der Waals surface area contributed by atoms with Gasteiger partial charge in [-0.05, 0) is 43.2 Å². The fourth-order valence-corrected chi connectivity index (χ4v) is 4.52. The number of rotatable bonds is 5. The van der Waals surface area contributed by atoms with Gasteiger partial charge < -0.3 is 0 Å². The van der Waals surface area contributed by atoms with Crippen molar-refractivity contribution in [2.75, 3.05) is 0 Å². The van der Waals surface area contributed by atoms with Crippen molar-refractivity contribution in [1.82, 2.24) is 9.66 Å². The average molecular weight is 376 g/mol. The largest absolute Gasteiger partial charge is 0.259 e. The first-order valence-corrected chi connectivity index (χ1v) is 9.56. The van der Waals surface area contributed by atoms with Crippen LogP contribution in [0.1, 0.15) is 11.1 Å². The van der Waals surface area contributed by atoms with Gasteiger partial charge in [-0.2, -0.15) is 0 Å². The quantitative estimate of drug-likeness (QED) is 0.778. The molecular formula is C14H14F2N2O4S2. The molecule has 0 radical (unpaired) electrons. The lowest BCUT2D eigenvalue weighted by Gasteiger charge is -2.12. The summed E-state index contributed by atoms with van der Waals surface area (Å²) in [6, 6.07) is 7.06. The summed E-state index contributed by atoms with van der Waals surface area (Å²) in [5, 5.41) is 0. The van der Waals surface area contributed by atoms with Gasteiger partial charge in [0, 0.05) is 0 Å². The molecule has 24 heavy (non-hydrogen) atoms.